The molecule has 0 aromatic rings. The standard InChI is InChI=1S/C82H134N2/c1-7-23-57(24-8-1)59-39-43-63(44-40-59)75(61-27-11-3-12-28-61)51-65-47-49-73(79-55-83(53-77(65)79)67-31-15-5-16-32-67)81-69-35-19-21-37-71(69)82(72-38-22-20-36-70(72)81)74-50-48-66(78-54-84(56-80(74)78)68-33-17-6-18-34-68)52-76(62-29-13-4-14-30-62)64-45-41-60(42-46-64)58-25-9-2-10-26-58/h51-52,57-74,77-82H,1-50,53-56H2. The predicted octanol–water partition coefficient (Wildman–Crippen LogP) is 22.4. The van der Waals surface area contributed by atoms with Gasteiger partial charge < -0.3 is 0 Å². The van der Waals surface area contributed by atoms with E-state index in [-0.39, 0.29) is 0 Å². The summed E-state index contributed by atoms with van der Waals surface area (Å²) in [6, 6.07) is 1.81. The third kappa shape index (κ3) is 12.7. The van der Waals surface area contributed by atoms with Gasteiger partial charge in [0.2, 0.25) is 0 Å². The Morgan fingerprint density at radius 1 is 0.202 bits per heavy atom. The van der Waals surface area contributed by atoms with Crippen LogP contribution in [0.2, 0.25) is 0 Å². The summed E-state index contributed by atoms with van der Waals surface area (Å²) in [6.07, 6.45) is 83.9. The van der Waals surface area contributed by atoms with Crippen LogP contribution in [0.4, 0.5) is 0 Å². The molecule has 2 nitrogen and oxygen atoms in total. The minimum atomic E-state index is 0.874. The fourth-order valence-corrected chi connectivity index (χ4v) is 27.9. The zero-order valence-corrected chi connectivity index (χ0v) is 55.1. The Bertz CT molecular complexity index is 1910. The highest BCUT2D eigenvalue weighted by Crippen LogP contribution is 2.66. The minimum absolute atomic E-state index is 0.874. The van der Waals surface area contributed by atoms with E-state index < -0.39 is 0 Å². The van der Waals surface area contributed by atoms with Gasteiger partial charge in [-0.3, -0.25) is 9.80 Å². The van der Waals surface area contributed by atoms with E-state index in [1.54, 1.807) is 154 Å². The fraction of sp³-hybridized carbons (Fsp3) is 0.951. The van der Waals surface area contributed by atoms with Crippen LogP contribution in [0.25, 0.3) is 0 Å². The zero-order valence-electron chi connectivity index (χ0n) is 55.1. The van der Waals surface area contributed by atoms with Crippen molar-refractivity contribution in [3.8, 4) is 0 Å². The molecule has 0 bridgehead atoms. The molecule has 472 valence electrons. The molecule has 13 aliphatic carbocycles. The number of hydrogen-bond donors (Lipinski definition) is 0. The zero-order chi connectivity index (χ0) is 55.8. The molecule has 0 radical (unpaired) electrons. The number of rotatable bonds is 12. The van der Waals surface area contributed by atoms with Gasteiger partial charge in [-0.15, -0.1) is 0 Å². The Labute approximate surface area is 519 Å². The molecule has 0 amide bonds. The van der Waals surface area contributed by atoms with Gasteiger partial charge in [0.05, 0.1) is 0 Å². The van der Waals surface area contributed by atoms with Crippen LogP contribution in [0.15, 0.2) is 23.3 Å². The van der Waals surface area contributed by atoms with Crippen LogP contribution in [0.3, 0.4) is 0 Å². The summed E-state index contributed by atoms with van der Waals surface area (Å²) in [5.74, 6) is 21.9. The first kappa shape index (κ1) is 59.7. The first-order valence-corrected chi connectivity index (χ1v) is 40.6. The van der Waals surface area contributed by atoms with Crippen molar-refractivity contribution in [3.05, 3.63) is 23.3 Å². The number of hydrogen-bond acceptors (Lipinski definition) is 2. The van der Waals surface area contributed by atoms with E-state index >= 15 is 0 Å². The molecule has 15 aliphatic rings. The van der Waals surface area contributed by atoms with E-state index in [9.17, 15) is 0 Å². The molecule has 12 unspecified atom stereocenters. The Balaban J connectivity index is 0.716. The van der Waals surface area contributed by atoms with Gasteiger partial charge in [-0.2, -0.15) is 0 Å². The van der Waals surface area contributed by atoms with E-state index in [1.165, 1.54) is 193 Å². The van der Waals surface area contributed by atoms with Gasteiger partial charge in [-0.05, 0) is 284 Å². The molecule has 2 heteroatoms. The Morgan fingerprint density at radius 3 is 0.810 bits per heavy atom. The van der Waals surface area contributed by atoms with Gasteiger partial charge in [-0.25, -0.2) is 0 Å². The molecule has 0 N–H and O–H groups in total. The van der Waals surface area contributed by atoms with Crippen molar-refractivity contribution in [2.75, 3.05) is 26.2 Å². The molecule has 0 aromatic heterocycles. The summed E-state index contributed by atoms with van der Waals surface area (Å²) >= 11 is 0. The van der Waals surface area contributed by atoms with Crippen LogP contribution in [-0.4, -0.2) is 48.1 Å². The average molecular weight is 1150 g/mol. The predicted molar refractivity (Wildman–Crippen MR) is 355 cm³/mol. The van der Waals surface area contributed by atoms with Crippen LogP contribution >= 0.6 is 0 Å². The smallest absolute Gasteiger partial charge is 0.00955 e. The van der Waals surface area contributed by atoms with Gasteiger partial charge in [0, 0.05) is 38.3 Å². The van der Waals surface area contributed by atoms with Gasteiger partial charge in [-0.1, -0.05) is 190 Å². The first-order chi connectivity index (χ1) is 41.7. The molecule has 15 rings (SSSR count). The first-order valence-electron chi connectivity index (χ1n) is 40.6. The van der Waals surface area contributed by atoms with E-state index in [4.69, 9.17) is 0 Å². The third-order valence-corrected chi connectivity index (χ3v) is 31.7. The minimum Gasteiger partial charge on any atom is -0.300 e. The highest BCUT2D eigenvalue weighted by atomic mass is 15.2. The average Bonchev–Trinajstić information content (AvgIpc) is 2.11. The van der Waals surface area contributed by atoms with E-state index in [2.05, 4.69) is 33.1 Å². The maximum Gasteiger partial charge on any atom is 0.00955 e. The topological polar surface area (TPSA) is 6.48 Å². The Hall–Kier alpha value is -0.600. The molecule has 2 heterocycles. The Kier molecular flexibility index (Phi) is 20.0. The highest BCUT2D eigenvalue weighted by molar-refractivity contribution is 5.21. The molecular weight excluding hydrogens is 1010 g/mol. The fourth-order valence-electron chi connectivity index (χ4n) is 27.9. The Morgan fingerprint density at radius 2 is 0.464 bits per heavy atom. The van der Waals surface area contributed by atoms with Crippen molar-refractivity contribution < 1.29 is 0 Å². The molecule has 12 atom stereocenters. The SMILES string of the molecule is C(=C(C1CCCCC1)C1CCC(C2CCCCC2)CC1)C1CCC(C2C3CCCCC3C(C3CCC(C=C(C4CCCCC4)C4CCC(C5CCCCC5)CC4)C4CN(C5CCCCC5)CC43)C3CCCCC32)C2CN(C3CCCCC3)CC12. The lowest BCUT2D eigenvalue weighted by Crippen LogP contribution is -2.56. The molecule has 15 fully saturated rings. The largest absolute Gasteiger partial charge is 0.300 e. The molecule has 2 saturated heterocycles. The monoisotopic (exact) mass is 1150 g/mol. The van der Waals surface area contributed by atoms with Crippen molar-refractivity contribution in [3.63, 3.8) is 0 Å². The van der Waals surface area contributed by atoms with Gasteiger partial charge >= 0.3 is 0 Å². The van der Waals surface area contributed by atoms with Gasteiger partial charge in [0.1, 0.15) is 0 Å². The number of likely N-dealkylation sites (tertiary alicyclic amines) is 2. The number of allylic oxidation sites excluding steroid dienone is 4. The van der Waals surface area contributed by atoms with Gasteiger partial charge in [0.25, 0.3) is 0 Å². The quantitative estimate of drug-likeness (QED) is 0.180. The molecule has 13 saturated carbocycles. The normalized spacial score (nSPS) is 45.0. The maximum atomic E-state index is 3.26. The van der Waals surface area contributed by atoms with Crippen LogP contribution in [-0.2, 0) is 0 Å². The van der Waals surface area contributed by atoms with E-state index in [0.717, 1.165) is 142 Å². The van der Waals surface area contributed by atoms with Crippen LogP contribution in [0.1, 0.15) is 321 Å². The van der Waals surface area contributed by atoms with Crippen molar-refractivity contribution in [1.29, 1.82) is 0 Å². The van der Waals surface area contributed by atoms with Crippen molar-refractivity contribution in [2.24, 2.45) is 130 Å². The second-order valence-electron chi connectivity index (χ2n) is 35.4. The lowest BCUT2D eigenvalue weighted by molar-refractivity contribution is -0.134. The van der Waals surface area contributed by atoms with E-state index in [1.807, 2.05) is 0 Å². The van der Waals surface area contributed by atoms with Crippen molar-refractivity contribution >= 4 is 0 Å². The lowest BCUT2D eigenvalue weighted by Gasteiger charge is -2.62. The van der Waals surface area contributed by atoms with Crippen molar-refractivity contribution in [2.45, 2.75) is 333 Å². The summed E-state index contributed by atoms with van der Waals surface area (Å²) in [5, 5.41) is 0. The number of nitrogens with zero attached hydrogens (tertiary/aromatic N) is 2. The van der Waals surface area contributed by atoms with Crippen molar-refractivity contribution in [1.82, 2.24) is 9.80 Å². The van der Waals surface area contributed by atoms with Crippen LogP contribution < -0.4 is 0 Å². The summed E-state index contributed by atoms with van der Waals surface area (Å²) < 4.78 is 0. The van der Waals surface area contributed by atoms with Crippen LogP contribution in [0, 0.1) is 130 Å². The summed E-state index contributed by atoms with van der Waals surface area (Å²) in [7, 11) is 0. The molecular formula is C82H134N2. The highest BCUT2D eigenvalue weighted by Gasteiger charge is 2.61. The molecule has 84 heavy (non-hydrogen) atoms. The molecule has 0 spiro atoms. The maximum absolute atomic E-state index is 3.26. The molecule has 2 aliphatic heterocycles. The second-order valence-corrected chi connectivity index (χ2v) is 35.4. The van der Waals surface area contributed by atoms with Gasteiger partial charge in [0.15, 0.2) is 0 Å². The third-order valence-electron chi connectivity index (χ3n) is 31.7. The number of fused-ring (bicyclic) bond motifs is 4. The second kappa shape index (κ2) is 28.1. The summed E-state index contributed by atoms with van der Waals surface area (Å²) in [4.78, 5) is 6.53. The van der Waals surface area contributed by atoms with Crippen LogP contribution in [0.5, 0.6) is 0 Å². The molecule has 0 aromatic carbocycles. The summed E-state index contributed by atoms with van der Waals surface area (Å²) in [5.41, 5.74) is 4.19. The van der Waals surface area contributed by atoms with E-state index in [0.29, 0.717) is 0 Å². The lowest BCUT2D eigenvalue weighted by atomic mass is 9.43. The summed E-state index contributed by atoms with van der Waals surface area (Å²) in [6.45, 7) is 5.99.